The smallest absolute Gasteiger partial charge is 0.378 e. The summed E-state index contributed by atoms with van der Waals surface area (Å²) in [6.45, 7) is 0.0275. The van der Waals surface area contributed by atoms with Gasteiger partial charge in [0.15, 0.2) is 15.7 Å². The molecule has 0 unspecified atom stereocenters. The Morgan fingerprint density at radius 1 is 1.14 bits per heavy atom. The molecule has 0 spiro atoms. The van der Waals surface area contributed by atoms with Crippen LogP contribution in [0.2, 0.25) is 5.02 Å². The molecule has 148 valence electrons. The topological polar surface area (TPSA) is 89.8 Å². The maximum absolute atomic E-state index is 13.0. The maximum atomic E-state index is 13.0. The fourth-order valence-corrected chi connectivity index (χ4v) is 3.24. The van der Waals surface area contributed by atoms with Gasteiger partial charge in [0.25, 0.3) is 0 Å². The Bertz CT molecular complexity index is 1100. The van der Waals surface area contributed by atoms with E-state index in [0.717, 1.165) is 18.4 Å². The Labute approximate surface area is 163 Å². The van der Waals surface area contributed by atoms with Gasteiger partial charge in [0.05, 0.1) is 27.7 Å². The zero-order valence-electron chi connectivity index (χ0n) is 14.3. The quantitative estimate of drug-likeness (QED) is 0.666. The lowest BCUT2D eigenvalue weighted by Gasteiger charge is -2.12. The highest BCUT2D eigenvalue weighted by Crippen LogP contribution is 2.36. The van der Waals surface area contributed by atoms with Gasteiger partial charge in [-0.05, 0) is 52.9 Å². The highest BCUT2D eigenvalue weighted by molar-refractivity contribution is 7.90. The van der Waals surface area contributed by atoms with Gasteiger partial charge in [-0.25, -0.2) is 8.42 Å². The molecule has 1 aromatic heterocycles. The van der Waals surface area contributed by atoms with Crippen molar-refractivity contribution in [3.63, 3.8) is 0 Å². The molecule has 0 saturated heterocycles. The van der Waals surface area contributed by atoms with Gasteiger partial charge in [0.2, 0.25) is 0 Å². The maximum Gasteiger partial charge on any atom is 0.417 e. The monoisotopic (exact) mass is 431 g/mol. The van der Waals surface area contributed by atoms with E-state index < -0.39 is 26.6 Å². The van der Waals surface area contributed by atoms with Gasteiger partial charge in [-0.1, -0.05) is 11.6 Å². The first-order valence-corrected chi connectivity index (χ1v) is 10.0. The lowest BCUT2D eigenvalue weighted by molar-refractivity contribution is -0.137. The second-order valence-electron chi connectivity index (χ2n) is 5.82. The van der Waals surface area contributed by atoms with Crippen molar-refractivity contribution in [1.29, 1.82) is 0 Å². The van der Waals surface area contributed by atoms with Crippen molar-refractivity contribution in [2.75, 3.05) is 11.6 Å². The second-order valence-corrected chi connectivity index (χ2v) is 8.24. The predicted octanol–water partition coefficient (Wildman–Crippen LogP) is 3.35. The van der Waals surface area contributed by atoms with E-state index in [0.29, 0.717) is 11.5 Å². The molecule has 1 N–H and O–H groups in total. The Kier molecular flexibility index (Phi) is 5.31. The molecule has 0 bridgehead atoms. The first kappa shape index (κ1) is 20.1. The number of benzene rings is 2. The van der Waals surface area contributed by atoms with E-state index in [2.05, 4.69) is 20.8 Å². The molecule has 0 amide bonds. The number of alkyl halides is 3. The third kappa shape index (κ3) is 4.42. The third-order valence-electron chi connectivity index (χ3n) is 3.77. The van der Waals surface area contributed by atoms with Crippen LogP contribution in [0.15, 0.2) is 47.4 Å². The summed E-state index contributed by atoms with van der Waals surface area (Å²) in [4.78, 5) is 0.143. The number of tetrazole rings is 1. The van der Waals surface area contributed by atoms with Crippen molar-refractivity contribution in [2.45, 2.75) is 17.6 Å². The molecule has 1 heterocycles. The van der Waals surface area contributed by atoms with E-state index in [1.165, 1.54) is 35.0 Å². The number of anilines is 1. The lowest BCUT2D eigenvalue weighted by atomic mass is 10.2. The highest BCUT2D eigenvalue weighted by atomic mass is 35.5. The lowest BCUT2D eigenvalue weighted by Crippen LogP contribution is -2.10. The van der Waals surface area contributed by atoms with E-state index in [9.17, 15) is 21.6 Å². The van der Waals surface area contributed by atoms with Crippen LogP contribution in [0.4, 0.5) is 18.9 Å². The number of halogens is 4. The van der Waals surface area contributed by atoms with Crippen LogP contribution >= 0.6 is 11.6 Å². The second kappa shape index (κ2) is 7.40. The summed E-state index contributed by atoms with van der Waals surface area (Å²) in [5.41, 5.74) is -0.255. The van der Waals surface area contributed by atoms with Crippen LogP contribution in [0, 0.1) is 0 Å². The van der Waals surface area contributed by atoms with Crippen LogP contribution in [0.25, 0.3) is 5.69 Å². The van der Waals surface area contributed by atoms with Crippen molar-refractivity contribution in [3.05, 3.63) is 58.9 Å². The largest absolute Gasteiger partial charge is 0.417 e. The van der Waals surface area contributed by atoms with Crippen LogP contribution in [0.5, 0.6) is 0 Å². The molecule has 3 rings (SSSR count). The third-order valence-corrected chi connectivity index (χ3v) is 5.22. The summed E-state index contributed by atoms with van der Waals surface area (Å²) in [6.07, 6.45) is -3.48. The summed E-state index contributed by atoms with van der Waals surface area (Å²) in [5, 5.41) is 13.6. The molecular formula is C16H13ClF3N5O2S. The Balaban J connectivity index is 1.80. The number of aromatic nitrogens is 4. The van der Waals surface area contributed by atoms with Crippen LogP contribution in [-0.2, 0) is 22.6 Å². The number of hydrogen-bond donors (Lipinski definition) is 1. The zero-order chi connectivity index (χ0) is 20.5. The molecule has 0 fully saturated rings. The standard InChI is InChI=1S/C16H13ClF3N5O2S/c1-28(26,27)12-5-3-11(4-6-12)25-15(22-23-24-25)9-21-10-2-7-14(17)13(8-10)16(18,19)20/h2-8,21H,9H2,1H3. The highest BCUT2D eigenvalue weighted by Gasteiger charge is 2.33. The molecule has 0 aliphatic rings. The number of rotatable bonds is 5. The molecular weight excluding hydrogens is 419 g/mol. The van der Waals surface area contributed by atoms with Gasteiger partial charge in [0.1, 0.15) is 0 Å². The van der Waals surface area contributed by atoms with Gasteiger partial charge in [-0.2, -0.15) is 17.9 Å². The van der Waals surface area contributed by atoms with Crippen molar-refractivity contribution in [3.8, 4) is 5.69 Å². The summed E-state index contributed by atoms with van der Waals surface area (Å²) in [6, 6.07) is 9.35. The summed E-state index contributed by atoms with van der Waals surface area (Å²) in [7, 11) is -3.34. The molecule has 2 aromatic carbocycles. The van der Waals surface area contributed by atoms with E-state index in [-0.39, 0.29) is 17.1 Å². The molecule has 0 aliphatic heterocycles. The number of sulfone groups is 1. The molecule has 7 nitrogen and oxygen atoms in total. The van der Waals surface area contributed by atoms with Gasteiger partial charge in [-0.15, -0.1) is 5.10 Å². The molecule has 0 radical (unpaired) electrons. The molecule has 28 heavy (non-hydrogen) atoms. The predicted molar refractivity (Wildman–Crippen MR) is 96.0 cm³/mol. The molecule has 12 heteroatoms. The van der Waals surface area contributed by atoms with Crippen LogP contribution in [0.3, 0.4) is 0 Å². The fraction of sp³-hybridized carbons (Fsp3) is 0.188. The van der Waals surface area contributed by atoms with Crippen LogP contribution in [-0.4, -0.2) is 34.9 Å². The fourth-order valence-electron chi connectivity index (χ4n) is 2.38. The van der Waals surface area contributed by atoms with Gasteiger partial charge >= 0.3 is 6.18 Å². The van der Waals surface area contributed by atoms with E-state index in [1.807, 2.05) is 0 Å². The van der Waals surface area contributed by atoms with Crippen LogP contribution in [0.1, 0.15) is 11.4 Å². The van der Waals surface area contributed by atoms with Gasteiger partial charge in [-0.3, -0.25) is 0 Å². The number of nitrogens with zero attached hydrogens (tertiary/aromatic N) is 4. The SMILES string of the molecule is CS(=O)(=O)c1ccc(-n2nnnc2CNc2ccc(Cl)c(C(F)(F)F)c2)cc1. The first-order valence-electron chi connectivity index (χ1n) is 7.74. The molecule has 0 atom stereocenters. The van der Waals surface area contributed by atoms with Gasteiger partial charge < -0.3 is 5.32 Å². The molecule has 0 aliphatic carbocycles. The average molecular weight is 432 g/mol. The van der Waals surface area contributed by atoms with Crippen molar-refractivity contribution < 1.29 is 21.6 Å². The number of nitrogens with one attached hydrogen (secondary N) is 1. The van der Waals surface area contributed by atoms with Crippen molar-refractivity contribution >= 4 is 27.1 Å². The number of hydrogen-bond acceptors (Lipinski definition) is 6. The van der Waals surface area contributed by atoms with Crippen molar-refractivity contribution in [2.24, 2.45) is 0 Å². The minimum absolute atomic E-state index is 0.0275. The Morgan fingerprint density at radius 3 is 2.43 bits per heavy atom. The average Bonchev–Trinajstić information content (AvgIpc) is 3.08. The van der Waals surface area contributed by atoms with Crippen LogP contribution < -0.4 is 5.32 Å². The summed E-state index contributed by atoms with van der Waals surface area (Å²) < 4.78 is 63.3. The van der Waals surface area contributed by atoms with E-state index in [1.54, 1.807) is 0 Å². The Morgan fingerprint density at radius 2 is 1.82 bits per heavy atom. The minimum Gasteiger partial charge on any atom is -0.378 e. The minimum atomic E-state index is -4.57. The van der Waals surface area contributed by atoms with Crippen molar-refractivity contribution in [1.82, 2.24) is 20.2 Å². The van der Waals surface area contributed by atoms with E-state index >= 15 is 0 Å². The summed E-state index contributed by atoms with van der Waals surface area (Å²) >= 11 is 5.60. The normalized spacial score (nSPS) is 12.2. The summed E-state index contributed by atoms with van der Waals surface area (Å²) in [5.74, 6) is 0.315. The molecule has 3 aromatic rings. The molecule has 0 saturated carbocycles. The zero-order valence-corrected chi connectivity index (χ0v) is 15.8. The van der Waals surface area contributed by atoms with E-state index in [4.69, 9.17) is 11.6 Å². The first-order chi connectivity index (χ1) is 13.1. The van der Waals surface area contributed by atoms with Gasteiger partial charge in [0, 0.05) is 11.9 Å². The Hall–Kier alpha value is -2.66.